The minimum absolute atomic E-state index is 0.246. The summed E-state index contributed by atoms with van der Waals surface area (Å²) in [6.45, 7) is 1.99. The first-order valence-corrected chi connectivity index (χ1v) is 7.77. The standard InChI is InChI=1S/C16H20O4S/c1-3-7-13(10-11-15(17)19-2)20-16(18)12-21-14-8-5-4-6-9-14/h4-6,8-11,13H,3,7,12H2,1-2H3/b11-10+/t13-/m1/s1. The number of hydrogen-bond donors (Lipinski definition) is 0. The van der Waals surface area contributed by atoms with Crippen LogP contribution in [0.25, 0.3) is 0 Å². The molecule has 0 radical (unpaired) electrons. The van der Waals surface area contributed by atoms with Crippen LogP contribution in [0.5, 0.6) is 0 Å². The van der Waals surface area contributed by atoms with Crippen LogP contribution in [0.2, 0.25) is 0 Å². The third-order valence-corrected chi connectivity index (χ3v) is 3.59. The second-order valence-corrected chi connectivity index (χ2v) is 5.35. The molecule has 1 atom stereocenters. The molecule has 4 nitrogen and oxygen atoms in total. The number of rotatable bonds is 8. The molecule has 1 aromatic carbocycles. The van der Waals surface area contributed by atoms with Crippen molar-refractivity contribution < 1.29 is 19.1 Å². The fraction of sp³-hybridized carbons (Fsp3) is 0.375. The van der Waals surface area contributed by atoms with Crippen LogP contribution in [0.3, 0.4) is 0 Å². The molecule has 0 aromatic heterocycles. The zero-order chi connectivity index (χ0) is 15.5. The summed E-state index contributed by atoms with van der Waals surface area (Å²) < 4.78 is 9.87. The molecule has 0 unspecified atom stereocenters. The van der Waals surface area contributed by atoms with Crippen LogP contribution in [0, 0.1) is 0 Å². The number of methoxy groups -OCH3 is 1. The minimum atomic E-state index is -0.453. The molecule has 0 amide bonds. The normalized spacial score (nSPS) is 12.1. The van der Waals surface area contributed by atoms with Gasteiger partial charge in [0, 0.05) is 11.0 Å². The van der Waals surface area contributed by atoms with Crippen molar-refractivity contribution in [2.75, 3.05) is 12.9 Å². The van der Waals surface area contributed by atoms with Gasteiger partial charge in [0.1, 0.15) is 6.10 Å². The average molecular weight is 308 g/mol. The molecule has 0 saturated heterocycles. The number of carbonyl (C=O) groups excluding carboxylic acids is 2. The van der Waals surface area contributed by atoms with Crippen LogP contribution < -0.4 is 0 Å². The summed E-state index contributed by atoms with van der Waals surface area (Å²) in [6.07, 6.45) is 4.00. The van der Waals surface area contributed by atoms with Gasteiger partial charge < -0.3 is 9.47 Å². The summed E-state index contributed by atoms with van der Waals surface area (Å²) in [4.78, 5) is 23.9. The Morgan fingerprint density at radius 3 is 2.62 bits per heavy atom. The van der Waals surface area contributed by atoms with Crippen molar-refractivity contribution in [3.8, 4) is 0 Å². The van der Waals surface area contributed by atoms with E-state index in [0.717, 1.165) is 11.3 Å². The molecule has 0 fully saturated rings. The van der Waals surface area contributed by atoms with E-state index in [9.17, 15) is 9.59 Å². The summed E-state index contributed by atoms with van der Waals surface area (Å²) in [5, 5.41) is 0. The van der Waals surface area contributed by atoms with Crippen molar-refractivity contribution in [2.24, 2.45) is 0 Å². The highest BCUT2D eigenvalue weighted by Crippen LogP contribution is 2.17. The molecular formula is C16H20O4S. The van der Waals surface area contributed by atoms with Gasteiger partial charge in [-0.3, -0.25) is 4.79 Å². The van der Waals surface area contributed by atoms with E-state index >= 15 is 0 Å². The Labute approximate surface area is 129 Å². The number of hydrogen-bond acceptors (Lipinski definition) is 5. The van der Waals surface area contributed by atoms with Crippen molar-refractivity contribution >= 4 is 23.7 Å². The Hall–Kier alpha value is -1.75. The molecule has 0 saturated carbocycles. The number of ether oxygens (including phenoxy) is 2. The number of benzene rings is 1. The zero-order valence-electron chi connectivity index (χ0n) is 12.3. The Morgan fingerprint density at radius 2 is 2.00 bits per heavy atom. The van der Waals surface area contributed by atoms with Crippen LogP contribution in [0.1, 0.15) is 19.8 Å². The van der Waals surface area contributed by atoms with Gasteiger partial charge in [-0.1, -0.05) is 31.5 Å². The van der Waals surface area contributed by atoms with E-state index in [4.69, 9.17) is 4.74 Å². The lowest BCUT2D eigenvalue weighted by molar-refractivity contribution is -0.144. The summed E-state index contributed by atoms with van der Waals surface area (Å²) in [5.41, 5.74) is 0. The molecule has 1 rings (SSSR count). The zero-order valence-corrected chi connectivity index (χ0v) is 13.1. The van der Waals surface area contributed by atoms with Crippen molar-refractivity contribution in [1.29, 1.82) is 0 Å². The highest BCUT2D eigenvalue weighted by molar-refractivity contribution is 8.00. The van der Waals surface area contributed by atoms with Crippen molar-refractivity contribution in [3.05, 3.63) is 42.5 Å². The number of thioether (sulfide) groups is 1. The fourth-order valence-electron chi connectivity index (χ4n) is 1.59. The minimum Gasteiger partial charge on any atom is -0.466 e. The highest BCUT2D eigenvalue weighted by atomic mass is 32.2. The Morgan fingerprint density at radius 1 is 1.29 bits per heavy atom. The van der Waals surface area contributed by atoms with Gasteiger partial charge in [-0.15, -0.1) is 11.8 Å². The maximum atomic E-state index is 11.8. The van der Waals surface area contributed by atoms with Gasteiger partial charge in [-0.25, -0.2) is 4.79 Å². The molecule has 0 heterocycles. The monoisotopic (exact) mass is 308 g/mol. The van der Waals surface area contributed by atoms with E-state index < -0.39 is 12.1 Å². The van der Waals surface area contributed by atoms with Gasteiger partial charge in [-0.2, -0.15) is 0 Å². The van der Waals surface area contributed by atoms with E-state index in [1.54, 1.807) is 6.08 Å². The first-order chi connectivity index (χ1) is 10.2. The van der Waals surface area contributed by atoms with E-state index in [2.05, 4.69) is 4.74 Å². The third-order valence-electron chi connectivity index (χ3n) is 2.60. The molecule has 0 aliphatic heterocycles. The molecular weight excluding hydrogens is 288 g/mol. The van der Waals surface area contributed by atoms with Crippen LogP contribution in [0.15, 0.2) is 47.4 Å². The molecule has 1 aromatic rings. The Kier molecular flexibility index (Phi) is 8.28. The lowest BCUT2D eigenvalue weighted by Gasteiger charge is -2.13. The largest absolute Gasteiger partial charge is 0.466 e. The second kappa shape index (κ2) is 10.0. The van der Waals surface area contributed by atoms with Crippen molar-refractivity contribution in [3.63, 3.8) is 0 Å². The molecule has 0 aliphatic carbocycles. The maximum absolute atomic E-state index is 11.8. The molecule has 0 aliphatic rings. The number of carbonyl (C=O) groups is 2. The van der Waals surface area contributed by atoms with Gasteiger partial charge in [0.2, 0.25) is 0 Å². The van der Waals surface area contributed by atoms with Gasteiger partial charge in [0.15, 0.2) is 0 Å². The fourth-order valence-corrected chi connectivity index (χ4v) is 2.30. The predicted octanol–water partition coefficient (Wildman–Crippen LogP) is 3.22. The Bertz CT molecular complexity index is 470. The van der Waals surface area contributed by atoms with Crippen LogP contribution in [-0.2, 0) is 19.1 Å². The topological polar surface area (TPSA) is 52.6 Å². The molecule has 0 bridgehead atoms. The maximum Gasteiger partial charge on any atom is 0.330 e. The molecule has 0 N–H and O–H groups in total. The van der Waals surface area contributed by atoms with Gasteiger partial charge in [-0.05, 0) is 24.6 Å². The van der Waals surface area contributed by atoms with E-state index in [0.29, 0.717) is 6.42 Å². The molecule has 21 heavy (non-hydrogen) atoms. The smallest absolute Gasteiger partial charge is 0.330 e. The van der Waals surface area contributed by atoms with Crippen LogP contribution in [0.4, 0.5) is 0 Å². The van der Waals surface area contributed by atoms with E-state index in [-0.39, 0.29) is 11.7 Å². The van der Waals surface area contributed by atoms with Crippen LogP contribution in [-0.4, -0.2) is 30.9 Å². The van der Waals surface area contributed by atoms with Gasteiger partial charge in [0.25, 0.3) is 0 Å². The molecule has 0 spiro atoms. The molecule has 5 heteroatoms. The quantitative estimate of drug-likeness (QED) is 0.419. The SMILES string of the molecule is CCC[C@H](/C=C/C(=O)OC)OC(=O)CSc1ccccc1. The summed E-state index contributed by atoms with van der Waals surface area (Å²) in [5.74, 6) is -0.501. The lowest BCUT2D eigenvalue weighted by Crippen LogP contribution is -2.18. The predicted molar refractivity (Wildman–Crippen MR) is 83.1 cm³/mol. The van der Waals surface area contributed by atoms with E-state index in [1.165, 1.54) is 24.9 Å². The summed E-state index contributed by atoms with van der Waals surface area (Å²) in [6, 6.07) is 9.66. The Balaban J connectivity index is 2.44. The van der Waals surface area contributed by atoms with Crippen LogP contribution >= 0.6 is 11.8 Å². The van der Waals surface area contributed by atoms with Crippen molar-refractivity contribution in [1.82, 2.24) is 0 Å². The first-order valence-electron chi connectivity index (χ1n) is 6.79. The number of esters is 2. The average Bonchev–Trinajstić information content (AvgIpc) is 2.51. The highest BCUT2D eigenvalue weighted by Gasteiger charge is 2.11. The van der Waals surface area contributed by atoms with Gasteiger partial charge >= 0.3 is 11.9 Å². The van der Waals surface area contributed by atoms with Crippen molar-refractivity contribution in [2.45, 2.75) is 30.8 Å². The summed E-state index contributed by atoms with van der Waals surface area (Å²) >= 11 is 1.43. The van der Waals surface area contributed by atoms with E-state index in [1.807, 2.05) is 37.3 Å². The second-order valence-electron chi connectivity index (χ2n) is 4.30. The molecule has 114 valence electrons. The summed E-state index contributed by atoms with van der Waals surface area (Å²) in [7, 11) is 1.31. The first kappa shape index (κ1) is 17.3. The lowest BCUT2D eigenvalue weighted by atomic mass is 10.2. The van der Waals surface area contributed by atoms with Gasteiger partial charge in [0.05, 0.1) is 12.9 Å². The third kappa shape index (κ3) is 7.56.